The Balaban J connectivity index is 1.59. The van der Waals surface area contributed by atoms with Crippen molar-refractivity contribution < 1.29 is 23.8 Å². The molecule has 2 aromatic rings. The van der Waals surface area contributed by atoms with E-state index in [1.54, 1.807) is 19.2 Å². The van der Waals surface area contributed by atoms with Crippen LogP contribution in [0.4, 0.5) is 15.3 Å². The fourth-order valence-electron chi connectivity index (χ4n) is 3.88. The molecule has 10 heteroatoms. The highest BCUT2D eigenvalue weighted by atomic mass is 32.2. The topological polar surface area (TPSA) is 92.7 Å². The van der Waals surface area contributed by atoms with E-state index in [9.17, 15) is 9.59 Å². The minimum Gasteiger partial charge on any atom is -0.493 e. The number of benzene rings is 2. The number of carbonyl (C=O) groups is 2. The molecule has 0 fully saturated rings. The Morgan fingerprint density at radius 2 is 1.87 bits per heavy atom. The second-order valence-electron chi connectivity index (χ2n) is 9.03. The molecule has 0 atom stereocenters. The van der Waals surface area contributed by atoms with Crippen LogP contribution in [-0.2, 0) is 11.3 Å². The van der Waals surface area contributed by atoms with Gasteiger partial charge in [-0.15, -0.1) is 0 Å². The van der Waals surface area contributed by atoms with E-state index < -0.39 is 6.09 Å². The summed E-state index contributed by atoms with van der Waals surface area (Å²) in [6.45, 7) is 11.7. The third-order valence-corrected chi connectivity index (χ3v) is 6.80. The smallest absolute Gasteiger partial charge is 0.411 e. The van der Waals surface area contributed by atoms with E-state index in [1.165, 1.54) is 16.8 Å². The van der Waals surface area contributed by atoms with Crippen molar-refractivity contribution in [1.82, 2.24) is 9.91 Å². The van der Waals surface area contributed by atoms with E-state index in [0.717, 1.165) is 42.9 Å². The van der Waals surface area contributed by atoms with Crippen LogP contribution in [0.3, 0.4) is 0 Å². The summed E-state index contributed by atoms with van der Waals surface area (Å²) in [7, 11) is 1.61. The van der Waals surface area contributed by atoms with Gasteiger partial charge < -0.3 is 19.1 Å². The SMILES string of the molecule is CCN(CC)CCCOC(=O)Nc1ccc(CN2N=C(c3ccc(OC)c(OC(C)C)c3)CSC2=O)cc1. The average Bonchev–Trinajstić information content (AvgIpc) is 2.91. The van der Waals surface area contributed by atoms with Gasteiger partial charge in [-0.05, 0) is 69.3 Å². The number of nitrogens with one attached hydrogen (secondary N) is 1. The Morgan fingerprint density at radius 1 is 1.13 bits per heavy atom. The van der Waals surface area contributed by atoms with Crippen molar-refractivity contribution in [1.29, 1.82) is 0 Å². The lowest BCUT2D eigenvalue weighted by atomic mass is 10.1. The number of hydrogen-bond donors (Lipinski definition) is 1. The summed E-state index contributed by atoms with van der Waals surface area (Å²) in [6, 6.07) is 13.0. The van der Waals surface area contributed by atoms with E-state index in [-0.39, 0.29) is 11.3 Å². The first-order chi connectivity index (χ1) is 18.3. The van der Waals surface area contributed by atoms with Crippen LogP contribution in [0.2, 0.25) is 0 Å². The van der Waals surface area contributed by atoms with Gasteiger partial charge in [-0.25, -0.2) is 9.80 Å². The maximum Gasteiger partial charge on any atom is 0.411 e. The quantitative estimate of drug-likeness (QED) is 0.318. The van der Waals surface area contributed by atoms with Crippen molar-refractivity contribution in [2.75, 3.05) is 44.4 Å². The molecule has 2 amide bonds. The van der Waals surface area contributed by atoms with Gasteiger partial charge in [-0.1, -0.05) is 37.7 Å². The number of ether oxygens (including phenoxy) is 3. The molecule has 1 N–H and O–H groups in total. The molecular formula is C28H38N4O5S. The van der Waals surface area contributed by atoms with Crippen molar-refractivity contribution in [3.05, 3.63) is 53.6 Å². The highest BCUT2D eigenvalue weighted by molar-refractivity contribution is 8.14. The van der Waals surface area contributed by atoms with Crippen molar-refractivity contribution >= 4 is 34.5 Å². The largest absolute Gasteiger partial charge is 0.493 e. The van der Waals surface area contributed by atoms with E-state index in [2.05, 4.69) is 29.2 Å². The number of anilines is 1. The monoisotopic (exact) mass is 542 g/mol. The number of nitrogens with zero attached hydrogens (tertiary/aromatic N) is 3. The number of rotatable bonds is 13. The fraction of sp³-hybridized carbons (Fsp3) is 0.464. The van der Waals surface area contributed by atoms with Crippen LogP contribution in [0.25, 0.3) is 0 Å². The van der Waals surface area contributed by atoms with E-state index >= 15 is 0 Å². The van der Waals surface area contributed by atoms with Crippen LogP contribution in [0.15, 0.2) is 47.6 Å². The van der Waals surface area contributed by atoms with Crippen molar-refractivity contribution in [3.8, 4) is 11.5 Å². The summed E-state index contributed by atoms with van der Waals surface area (Å²) in [6.07, 6.45) is 0.312. The van der Waals surface area contributed by atoms with Gasteiger partial charge in [0.25, 0.3) is 0 Å². The summed E-state index contributed by atoms with van der Waals surface area (Å²) in [4.78, 5) is 27.0. The predicted molar refractivity (Wildman–Crippen MR) is 153 cm³/mol. The molecule has 0 saturated carbocycles. The highest BCUT2D eigenvalue weighted by Gasteiger charge is 2.23. The van der Waals surface area contributed by atoms with Gasteiger partial charge in [0.1, 0.15) is 0 Å². The molecule has 206 valence electrons. The number of hydrazone groups is 1. The minimum atomic E-state index is -0.477. The Morgan fingerprint density at radius 3 is 2.53 bits per heavy atom. The molecule has 9 nitrogen and oxygen atoms in total. The number of hydrogen-bond acceptors (Lipinski definition) is 8. The van der Waals surface area contributed by atoms with Gasteiger partial charge in [-0.3, -0.25) is 10.1 Å². The fourth-order valence-corrected chi connectivity index (χ4v) is 4.62. The molecule has 2 aromatic carbocycles. The van der Waals surface area contributed by atoms with E-state index in [4.69, 9.17) is 14.2 Å². The molecule has 0 bridgehead atoms. The standard InChI is InChI=1S/C28H38N4O5S/c1-6-31(7-2)15-8-16-36-27(33)29-23-12-9-21(10-13-23)18-32-28(34)38-19-24(30-32)22-11-14-25(35-5)26(17-22)37-20(3)4/h9-14,17,20H,6-8,15-16,18-19H2,1-5H3,(H,29,33). The van der Waals surface area contributed by atoms with Gasteiger partial charge in [0.15, 0.2) is 11.5 Å². The zero-order valence-corrected chi connectivity index (χ0v) is 23.7. The Bertz CT molecular complexity index is 1100. The van der Waals surface area contributed by atoms with Gasteiger partial charge in [0, 0.05) is 23.5 Å². The van der Waals surface area contributed by atoms with Crippen LogP contribution >= 0.6 is 11.8 Å². The molecule has 1 aliphatic rings. The summed E-state index contributed by atoms with van der Waals surface area (Å²) in [5.41, 5.74) is 3.18. The molecule has 3 rings (SSSR count). The maximum atomic E-state index is 12.6. The summed E-state index contributed by atoms with van der Waals surface area (Å²) in [5.74, 6) is 1.76. The Kier molecular flexibility index (Phi) is 11.3. The molecule has 38 heavy (non-hydrogen) atoms. The van der Waals surface area contributed by atoms with Crippen molar-refractivity contribution in [2.45, 2.75) is 46.8 Å². The number of carbonyl (C=O) groups excluding carboxylic acids is 2. The van der Waals surface area contributed by atoms with Gasteiger partial charge >= 0.3 is 11.3 Å². The second kappa shape index (κ2) is 14.6. The first kappa shape index (κ1) is 29.3. The molecule has 0 unspecified atom stereocenters. The maximum absolute atomic E-state index is 12.6. The molecule has 0 saturated heterocycles. The lowest BCUT2D eigenvalue weighted by Crippen LogP contribution is -2.29. The highest BCUT2D eigenvalue weighted by Crippen LogP contribution is 2.31. The zero-order valence-electron chi connectivity index (χ0n) is 22.9. The molecule has 0 spiro atoms. The van der Waals surface area contributed by atoms with Crippen LogP contribution in [-0.4, -0.2) is 72.2 Å². The van der Waals surface area contributed by atoms with Crippen LogP contribution in [0.1, 0.15) is 45.2 Å². The number of thioether (sulfide) groups is 1. The first-order valence-corrected chi connectivity index (χ1v) is 13.9. The molecule has 0 aliphatic carbocycles. The molecule has 0 aromatic heterocycles. The first-order valence-electron chi connectivity index (χ1n) is 12.9. The predicted octanol–water partition coefficient (Wildman–Crippen LogP) is 5.84. The van der Waals surface area contributed by atoms with Gasteiger partial charge in [-0.2, -0.15) is 5.10 Å². The summed E-state index contributed by atoms with van der Waals surface area (Å²) < 4.78 is 16.6. The minimum absolute atomic E-state index is 0.00300. The second-order valence-corrected chi connectivity index (χ2v) is 9.96. The average molecular weight is 543 g/mol. The zero-order chi connectivity index (χ0) is 27.5. The number of methoxy groups -OCH3 is 1. The van der Waals surface area contributed by atoms with Gasteiger partial charge in [0.05, 0.1) is 32.1 Å². The van der Waals surface area contributed by atoms with Crippen LogP contribution in [0, 0.1) is 0 Å². The normalized spacial score (nSPS) is 13.5. The molecule has 1 aliphatic heterocycles. The number of amides is 2. The van der Waals surface area contributed by atoms with Crippen molar-refractivity contribution in [3.63, 3.8) is 0 Å². The van der Waals surface area contributed by atoms with E-state index in [0.29, 0.717) is 36.1 Å². The van der Waals surface area contributed by atoms with Crippen LogP contribution in [0.5, 0.6) is 11.5 Å². The Hall–Kier alpha value is -3.24. The summed E-state index contributed by atoms with van der Waals surface area (Å²) >= 11 is 1.21. The lowest BCUT2D eigenvalue weighted by Gasteiger charge is -2.24. The third kappa shape index (κ3) is 8.66. The molecular weight excluding hydrogens is 504 g/mol. The van der Waals surface area contributed by atoms with E-state index in [1.807, 2.05) is 44.2 Å². The van der Waals surface area contributed by atoms with Crippen molar-refractivity contribution in [2.24, 2.45) is 5.10 Å². The van der Waals surface area contributed by atoms with Crippen LogP contribution < -0.4 is 14.8 Å². The van der Waals surface area contributed by atoms with Gasteiger partial charge in [0.2, 0.25) is 0 Å². The third-order valence-electron chi connectivity index (χ3n) is 5.92. The molecule has 0 radical (unpaired) electrons. The lowest BCUT2D eigenvalue weighted by molar-refractivity contribution is 0.153. The summed E-state index contributed by atoms with van der Waals surface area (Å²) in [5, 5.41) is 8.72. The molecule has 1 heterocycles. The Labute approximate surface area is 229 Å².